The van der Waals surface area contributed by atoms with Crippen molar-refractivity contribution in [3.63, 3.8) is 0 Å². The highest BCUT2D eigenvalue weighted by atomic mass is 79.9. The van der Waals surface area contributed by atoms with Gasteiger partial charge in [0.05, 0.1) is 21.2 Å². The first kappa shape index (κ1) is 15.7. The molecule has 0 bridgehead atoms. The van der Waals surface area contributed by atoms with Gasteiger partial charge < -0.3 is 5.32 Å². The van der Waals surface area contributed by atoms with Gasteiger partial charge in [-0.3, -0.25) is 4.68 Å². The number of aromatic nitrogens is 2. The number of hydrogen-bond acceptors (Lipinski definition) is 3. The fourth-order valence-electron chi connectivity index (χ4n) is 2.38. The highest BCUT2D eigenvalue weighted by molar-refractivity contribution is 9.11. The van der Waals surface area contributed by atoms with Crippen LogP contribution in [0, 0.1) is 0 Å². The Morgan fingerprint density at radius 2 is 2.15 bits per heavy atom. The van der Waals surface area contributed by atoms with E-state index in [1.807, 2.05) is 11.3 Å². The Bertz CT molecular complexity index is 547. The number of rotatable bonds is 7. The fraction of sp³-hybridized carbons (Fsp3) is 0.533. The van der Waals surface area contributed by atoms with Crippen molar-refractivity contribution in [2.75, 3.05) is 6.54 Å². The van der Waals surface area contributed by atoms with Gasteiger partial charge in [-0.1, -0.05) is 13.8 Å². The average Bonchev–Trinajstić information content (AvgIpc) is 3.04. The van der Waals surface area contributed by atoms with Crippen molar-refractivity contribution >= 4 is 27.3 Å². The molecule has 0 aliphatic carbocycles. The number of hydrogen-bond donors (Lipinski definition) is 1. The van der Waals surface area contributed by atoms with Crippen molar-refractivity contribution < 1.29 is 0 Å². The summed E-state index contributed by atoms with van der Waals surface area (Å²) < 4.78 is 3.33. The molecule has 0 aliphatic heterocycles. The van der Waals surface area contributed by atoms with Crippen LogP contribution in [0.5, 0.6) is 0 Å². The van der Waals surface area contributed by atoms with Crippen LogP contribution >= 0.6 is 27.3 Å². The molecular formula is C15H22BrN3S. The lowest BCUT2D eigenvalue weighted by Gasteiger charge is -2.18. The fourth-order valence-corrected chi connectivity index (χ4v) is 3.91. The van der Waals surface area contributed by atoms with E-state index in [9.17, 15) is 0 Å². The maximum Gasteiger partial charge on any atom is 0.0701 e. The summed E-state index contributed by atoms with van der Waals surface area (Å²) in [5.74, 6) is 0. The van der Waals surface area contributed by atoms with Crippen LogP contribution < -0.4 is 5.32 Å². The Kier molecular flexibility index (Phi) is 5.81. The van der Waals surface area contributed by atoms with Crippen LogP contribution in [0.4, 0.5) is 0 Å². The third kappa shape index (κ3) is 3.71. The standard InChI is InChI=1S/C15H22BrN3S/c1-4-11-9-14(19(6-3)18-11)13(17-5-2)10-12-7-8-15(16)20-12/h7-9,13,17H,4-6,10H2,1-3H3. The first-order valence-corrected chi connectivity index (χ1v) is 8.83. The third-order valence-electron chi connectivity index (χ3n) is 3.37. The number of nitrogens with zero attached hydrogens (tertiary/aromatic N) is 2. The van der Waals surface area contributed by atoms with Crippen LogP contribution in [0.3, 0.4) is 0 Å². The van der Waals surface area contributed by atoms with E-state index in [2.05, 4.69) is 70.0 Å². The van der Waals surface area contributed by atoms with Gasteiger partial charge in [-0.25, -0.2) is 0 Å². The number of likely N-dealkylation sites (N-methyl/N-ethyl adjacent to an activating group) is 1. The minimum Gasteiger partial charge on any atom is -0.309 e. The van der Waals surface area contributed by atoms with Crippen molar-refractivity contribution in [3.05, 3.63) is 38.3 Å². The monoisotopic (exact) mass is 355 g/mol. The zero-order valence-electron chi connectivity index (χ0n) is 12.3. The molecule has 1 atom stereocenters. The zero-order chi connectivity index (χ0) is 14.5. The molecule has 2 aromatic heterocycles. The first-order chi connectivity index (χ1) is 9.67. The van der Waals surface area contributed by atoms with Gasteiger partial charge in [0.15, 0.2) is 0 Å². The quantitative estimate of drug-likeness (QED) is 0.807. The van der Waals surface area contributed by atoms with Crippen LogP contribution in [0.25, 0.3) is 0 Å². The van der Waals surface area contributed by atoms with Crippen molar-refractivity contribution in [1.29, 1.82) is 0 Å². The Hall–Kier alpha value is -0.650. The van der Waals surface area contributed by atoms with Crippen molar-refractivity contribution in [2.24, 2.45) is 0 Å². The minimum absolute atomic E-state index is 0.332. The van der Waals surface area contributed by atoms with E-state index < -0.39 is 0 Å². The number of aryl methyl sites for hydroxylation is 2. The summed E-state index contributed by atoms with van der Waals surface area (Å²) in [6.45, 7) is 8.36. The van der Waals surface area contributed by atoms with E-state index in [0.717, 1.165) is 25.9 Å². The van der Waals surface area contributed by atoms with E-state index in [1.54, 1.807) is 0 Å². The Labute approximate surface area is 133 Å². The van der Waals surface area contributed by atoms with Gasteiger partial charge in [-0.2, -0.15) is 5.10 Å². The SMILES string of the molecule is CCNC(Cc1ccc(Br)s1)c1cc(CC)nn1CC. The maximum atomic E-state index is 4.67. The molecule has 0 radical (unpaired) electrons. The normalized spacial score (nSPS) is 12.8. The molecule has 0 saturated carbocycles. The van der Waals surface area contributed by atoms with Gasteiger partial charge in [0, 0.05) is 17.8 Å². The Balaban J connectivity index is 2.25. The summed E-state index contributed by atoms with van der Waals surface area (Å²) in [6, 6.07) is 6.90. The molecule has 0 amide bonds. The van der Waals surface area contributed by atoms with E-state index in [0.29, 0.717) is 6.04 Å². The molecule has 20 heavy (non-hydrogen) atoms. The molecule has 1 N–H and O–H groups in total. The summed E-state index contributed by atoms with van der Waals surface area (Å²) in [5.41, 5.74) is 2.48. The van der Waals surface area contributed by atoms with E-state index in [4.69, 9.17) is 0 Å². The van der Waals surface area contributed by atoms with Crippen LogP contribution in [-0.2, 0) is 19.4 Å². The molecule has 0 fully saturated rings. The summed E-state index contributed by atoms with van der Waals surface area (Å²) in [7, 11) is 0. The lowest BCUT2D eigenvalue weighted by Crippen LogP contribution is -2.25. The van der Waals surface area contributed by atoms with Gasteiger partial charge in [0.1, 0.15) is 0 Å². The average molecular weight is 356 g/mol. The van der Waals surface area contributed by atoms with Crippen LogP contribution in [0.15, 0.2) is 22.0 Å². The Morgan fingerprint density at radius 3 is 2.70 bits per heavy atom. The first-order valence-electron chi connectivity index (χ1n) is 7.22. The summed E-state index contributed by atoms with van der Waals surface area (Å²) in [4.78, 5) is 1.39. The van der Waals surface area contributed by atoms with Crippen LogP contribution in [-0.4, -0.2) is 16.3 Å². The molecule has 110 valence electrons. The van der Waals surface area contributed by atoms with Gasteiger partial charge in [-0.15, -0.1) is 11.3 Å². The smallest absolute Gasteiger partial charge is 0.0701 e. The van der Waals surface area contributed by atoms with Gasteiger partial charge in [0.2, 0.25) is 0 Å². The van der Waals surface area contributed by atoms with Crippen molar-refractivity contribution in [2.45, 2.75) is 46.2 Å². The molecule has 3 nitrogen and oxygen atoms in total. The maximum absolute atomic E-state index is 4.67. The molecule has 5 heteroatoms. The predicted molar refractivity (Wildman–Crippen MR) is 89.4 cm³/mol. The second-order valence-electron chi connectivity index (χ2n) is 4.75. The van der Waals surface area contributed by atoms with E-state index in [-0.39, 0.29) is 0 Å². The molecular weight excluding hydrogens is 334 g/mol. The summed E-state index contributed by atoms with van der Waals surface area (Å²) in [5, 5.41) is 8.27. The lowest BCUT2D eigenvalue weighted by atomic mass is 10.1. The molecule has 1 unspecified atom stereocenters. The van der Waals surface area contributed by atoms with Crippen LogP contribution in [0.2, 0.25) is 0 Å². The van der Waals surface area contributed by atoms with Crippen LogP contribution in [0.1, 0.15) is 43.1 Å². The van der Waals surface area contributed by atoms with E-state index >= 15 is 0 Å². The number of nitrogens with one attached hydrogen (secondary N) is 1. The van der Waals surface area contributed by atoms with E-state index in [1.165, 1.54) is 20.1 Å². The highest BCUT2D eigenvalue weighted by Gasteiger charge is 2.18. The molecule has 2 rings (SSSR count). The second kappa shape index (κ2) is 7.38. The zero-order valence-corrected chi connectivity index (χ0v) is 14.7. The molecule has 0 aromatic carbocycles. The summed E-state index contributed by atoms with van der Waals surface area (Å²) in [6.07, 6.45) is 2.00. The van der Waals surface area contributed by atoms with Crippen molar-refractivity contribution in [3.8, 4) is 0 Å². The second-order valence-corrected chi connectivity index (χ2v) is 7.30. The molecule has 0 saturated heterocycles. The minimum atomic E-state index is 0.332. The molecule has 0 spiro atoms. The van der Waals surface area contributed by atoms with Gasteiger partial charge >= 0.3 is 0 Å². The number of thiophene rings is 1. The molecule has 0 aliphatic rings. The van der Waals surface area contributed by atoms with Crippen molar-refractivity contribution in [1.82, 2.24) is 15.1 Å². The topological polar surface area (TPSA) is 29.9 Å². The highest BCUT2D eigenvalue weighted by Crippen LogP contribution is 2.27. The van der Waals surface area contributed by atoms with Gasteiger partial charge in [-0.05, 0) is 54.0 Å². The van der Waals surface area contributed by atoms with Gasteiger partial charge in [0.25, 0.3) is 0 Å². The number of halogens is 1. The molecule has 2 heterocycles. The predicted octanol–water partition coefficient (Wildman–Crippen LogP) is 4.18. The third-order valence-corrected chi connectivity index (χ3v) is 5.01. The Morgan fingerprint density at radius 1 is 1.35 bits per heavy atom. The lowest BCUT2D eigenvalue weighted by molar-refractivity contribution is 0.491. The molecule has 2 aromatic rings. The largest absolute Gasteiger partial charge is 0.309 e. The summed E-state index contributed by atoms with van der Waals surface area (Å²) >= 11 is 5.35.